The van der Waals surface area contributed by atoms with E-state index in [1.54, 1.807) is 7.11 Å². The molecule has 0 bridgehead atoms. The fourth-order valence-electron chi connectivity index (χ4n) is 2.49. The Morgan fingerprint density at radius 1 is 1.38 bits per heavy atom. The Labute approximate surface area is 98.2 Å². The van der Waals surface area contributed by atoms with Crippen LogP contribution in [0.3, 0.4) is 0 Å². The summed E-state index contributed by atoms with van der Waals surface area (Å²) in [6.07, 6.45) is 5.54. The summed E-state index contributed by atoms with van der Waals surface area (Å²) in [5.41, 5.74) is 1.26. The molecular formula is C13H23NO2. The van der Waals surface area contributed by atoms with Crippen molar-refractivity contribution in [2.75, 3.05) is 7.11 Å². The molecule has 0 fully saturated rings. The molecule has 0 aromatic carbocycles. The number of methoxy groups -OCH3 is 1. The second kappa shape index (κ2) is 6.14. The van der Waals surface area contributed by atoms with Gasteiger partial charge in [0.1, 0.15) is 6.04 Å². The lowest BCUT2D eigenvalue weighted by atomic mass is 9.75. The molecule has 92 valence electrons. The zero-order valence-electron chi connectivity index (χ0n) is 10.8. The van der Waals surface area contributed by atoms with Gasteiger partial charge in [-0.05, 0) is 30.3 Å². The molecule has 1 rings (SSSR count). The van der Waals surface area contributed by atoms with Gasteiger partial charge in [0.25, 0.3) is 0 Å². The van der Waals surface area contributed by atoms with E-state index in [9.17, 15) is 4.91 Å². The van der Waals surface area contributed by atoms with Crippen molar-refractivity contribution in [2.45, 2.75) is 52.2 Å². The average Bonchev–Trinajstić information content (AvgIpc) is 2.30. The first-order valence-corrected chi connectivity index (χ1v) is 6.21. The van der Waals surface area contributed by atoms with Gasteiger partial charge in [0, 0.05) is 7.11 Å². The van der Waals surface area contributed by atoms with Crippen LogP contribution in [0.25, 0.3) is 0 Å². The van der Waals surface area contributed by atoms with Gasteiger partial charge in [-0.3, -0.25) is 0 Å². The zero-order valence-corrected chi connectivity index (χ0v) is 10.8. The number of ether oxygens (including phenoxy) is 1. The third-order valence-corrected chi connectivity index (χ3v) is 3.79. The summed E-state index contributed by atoms with van der Waals surface area (Å²) in [4.78, 5) is 10.8. The quantitative estimate of drug-likeness (QED) is 0.530. The Morgan fingerprint density at radius 3 is 2.56 bits per heavy atom. The lowest BCUT2D eigenvalue weighted by Crippen LogP contribution is -2.37. The largest absolute Gasteiger partial charge is 0.377 e. The highest BCUT2D eigenvalue weighted by Crippen LogP contribution is 2.35. The number of rotatable bonds is 5. The standard InChI is InChI=1S/C13H23NO2/c1-5-6-7-11-8-12(14-15)9(2)10(3)13(11)16-4/h8-10,12-13H,5-7H2,1-4H3. The van der Waals surface area contributed by atoms with Crippen molar-refractivity contribution >= 4 is 0 Å². The van der Waals surface area contributed by atoms with E-state index < -0.39 is 0 Å². The van der Waals surface area contributed by atoms with Gasteiger partial charge < -0.3 is 4.74 Å². The molecule has 4 unspecified atom stereocenters. The van der Waals surface area contributed by atoms with Gasteiger partial charge in [0.2, 0.25) is 0 Å². The van der Waals surface area contributed by atoms with E-state index >= 15 is 0 Å². The van der Waals surface area contributed by atoms with Crippen LogP contribution in [0.5, 0.6) is 0 Å². The number of hydrogen-bond donors (Lipinski definition) is 0. The normalized spacial score (nSPS) is 34.6. The first-order valence-electron chi connectivity index (χ1n) is 6.21. The van der Waals surface area contributed by atoms with Gasteiger partial charge in [0.05, 0.1) is 6.10 Å². The van der Waals surface area contributed by atoms with Gasteiger partial charge in [-0.2, -0.15) is 4.91 Å². The molecule has 0 radical (unpaired) electrons. The van der Waals surface area contributed by atoms with Crippen molar-refractivity contribution in [1.29, 1.82) is 0 Å². The number of unbranched alkanes of at least 4 members (excludes halogenated alkanes) is 1. The van der Waals surface area contributed by atoms with Gasteiger partial charge >= 0.3 is 0 Å². The Kier molecular flexibility index (Phi) is 5.13. The van der Waals surface area contributed by atoms with Gasteiger partial charge in [0.15, 0.2) is 0 Å². The zero-order chi connectivity index (χ0) is 12.1. The van der Waals surface area contributed by atoms with E-state index in [1.807, 2.05) is 6.08 Å². The topological polar surface area (TPSA) is 38.7 Å². The van der Waals surface area contributed by atoms with E-state index in [0.717, 1.165) is 19.3 Å². The molecule has 3 nitrogen and oxygen atoms in total. The highest BCUT2D eigenvalue weighted by atomic mass is 16.5. The Hall–Kier alpha value is -0.700. The van der Waals surface area contributed by atoms with Crippen LogP contribution in [0.2, 0.25) is 0 Å². The molecule has 0 spiro atoms. The second-order valence-corrected chi connectivity index (χ2v) is 4.82. The van der Waals surface area contributed by atoms with E-state index in [4.69, 9.17) is 4.74 Å². The molecule has 0 saturated carbocycles. The fourth-order valence-corrected chi connectivity index (χ4v) is 2.49. The molecule has 0 aromatic rings. The van der Waals surface area contributed by atoms with E-state index in [1.165, 1.54) is 5.57 Å². The first kappa shape index (κ1) is 13.4. The molecule has 0 aromatic heterocycles. The molecule has 4 atom stereocenters. The summed E-state index contributed by atoms with van der Waals surface area (Å²) in [5, 5.41) is 3.22. The summed E-state index contributed by atoms with van der Waals surface area (Å²) >= 11 is 0. The average molecular weight is 225 g/mol. The molecule has 1 aliphatic carbocycles. The summed E-state index contributed by atoms with van der Waals surface area (Å²) in [6, 6.07) is -0.173. The van der Waals surface area contributed by atoms with E-state index in [-0.39, 0.29) is 18.1 Å². The minimum absolute atomic E-state index is 0.166. The number of nitrogens with zero attached hydrogens (tertiary/aromatic N) is 1. The predicted octanol–water partition coefficient (Wildman–Crippen LogP) is 3.54. The van der Waals surface area contributed by atoms with E-state index in [0.29, 0.717) is 5.92 Å². The maximum absolute atomic E-state index is 10.8. The van der Waals surface area contributed by atoms with Crippen LogP contribution in [0.15, 0.2) is 16.8 Å². The van der Waals surface area contributed by atoms with E-state index in [2.05, 4.69) is 25.9 Å². The summed E-state index contributed by atoms with van der Waals surface area (Å²) in [5.74, 6) is 0.636. The Bertz CT molecular complexity index is 263. The smallest absolute Gasteiger partial charge is 0.113 e. The van der Waals surface area contributed by atoms with Crippen molar-refractivity contribution in [1.82, 2.24) is 0 Å². The maximum Gasteiger partial charge on any atom is 0.113 e. The van der Waals surface area contributed by atoms with Crippen LogP contribution in [0.4, 0.5) is 0 Å². The summed E-state index contributed by atoms with van der Waals surface area (Å²) in [6.45, 7) is 6.40. The van der Waals surface area contributed by atoms with Crippen LogP contribution in [0.1, 0.15) is 40.0 Å². The SMILES string of the molecule is CCCCC1=CC(N=O)C(C)C(C)C1OC. The minimum atomic E-state index is -0.173. The lowest BCUT2D eigenvalue weighted by Gasteiger charge is -2.36. The van der Waals surface area contributed by atoms with Gasteiger partial charge in [-0.1, -0.05) is 38.4 Å². The number of hydrogen-bond acceptors (Lipinski definition) is 3. The predicted molar refractivity (Wildman–Crippen MR) is 66.3 cm³/mol. The second-order valence-electron chi connectivity index (χ2n) is 4.82. The maximum atomic E-state index is 10.8. The molecular weight excluding hydrogens is 202 g/mol. The third kappa shape index (κ3) is 2.70. The number of nitroso groups, excluding NO2 is 1. The van der Waals surface area contributed by atoms with Gasteiger partial charge in [-0.25, -0.2) is 0 Å². The van der Waals surface area contributed by atoms with Crippen molar-refractivity contribution in [3.8, 4) is 0 Å². The van der Waals surface area contributed by atoms with Crippen molar-refractivity contribution in [2.24, 2.45) is 17.0 Å². The molecule has 0 aliphatic heterocycles. The molecule has 0 heterocycles. The Balaban J connectivity index is 2.86. The van der Waals surface area contributed by atoms with Crippen molar-refractivity contribution in [3.05, 3.63) is 16.6 Å². The van der Waals surface area contributed by atoms with Crippen LogP contribution in [-0.4, -0.2) is 19.3 Å². The summed E-state index contributed by atoms with van der Waals surface area (Å²) < 4.78 is 5.56. The van der Waals surface area contributed by atoms with Crippen LogP contribution >= 0.6 is 0 Å². The van der Waals surface area contributed by atoms with Crippen LogP contribution < -0.4 is 0 Å². The highest BCUT2D eigenvalue weighted by molar-refractivity contribution is 5.19. The molecule has 3 heteroatoms. The fraction of sp³-hybridized carbons (Fsp3) is 0.846. The van der Waals surface area contributed by atoms with Crippen LogP contribution in [0, 0.1) is 16.7 Å². The highest BCUT2D eigenvalue weighted by Gasteiger charge is 2.35. The van der Waals surface area contributed by atoms with Crippen LogP contribution in [-0.2, 0) is 4.74 Å². The Morgan fingerprint density at radius 2 is 2.06 bits per heavy atom. The molecule has 0 N–H and O–H groups in total. The molecule has 1 aliphatic rings. The lowest BCUT2D eigenvalue weighted by molar-refractivity contribution is 0.0510. The third-order valence-electron chi connectivity index (χ3n) is 3.79. The van der Waals surface area contributed by atoms with Gasteiger partial charge in [-0.15, -0.1) is 0 Å². The summed E-state index contributed by atoms with van der Waals surface area (Å²) in [7, 11) is 1.75. The van der Waals surface area contributed by atoms with Crippen molar-refractivity contribution < 1.29 is 4.74 Å². The molecule has 0 amide bonds. The first-order chi connectivity index (χ1) is 7.65. The van der Waals surface area contributed by atoms with Crippen molar-refractivity contribution in [3.63, 3.8) is 0 Å². The molecule has 16 heavy (non-hydrogen) atoms. The minimum Gasteiger partial charge on any atom is -0.377 e. The monoisotopic (exact) mass is 225 g/mol. The molecule has 0 saturated heterocycles.